The summed E-state index contributed by atoms with van der Waals surface area (Å²) in [7, 11) is 0. The van der Waals surface area contributed by atoms with Crippen molar-refractivity contribution in [3.63, 3.8) is 0 Å². The number of carbonyl (C=O) groups excluding carboxylic acids is 1. The van der Waals surface area contributed by atoms with Gasteiger partial charge in [0.1, 0.15) is 11.9 Å². The average Bonchev–Trinajstić information content (AvgIpc) is 2.77. The van der Waals surface area contributed by atoms with Gasteiger partial charge in [-0.2, -0.15) is 0 Å². The van der Waals surface area contributed by atoms with Crippen LogP contribution in [0, 0.1) is 0 Å². The second-order valence-corrected chi connectivity index (χ2v) is 7.16. The van der Waals surface area contributed by atoms with Gasteiger partial charge in [0.25, 0.3) is 5.56 Å². The summed E-state index contributed by atoms with van der Waals surface area (Å²) in [5, 5.41) is 0.234. The molecule has 1 aliphatic heterocycles. The van der Waals surface area contributed by atoms with Crippen LogP contribution in [0.1, 0.15) is 26.2 Å². The van der Waals surface area contributed by atoms with E-state index in [2.05, 4.69) is 9.97 Å². The second-order valence-electron chi connectivity index (χ2n) is 7.16. The zero-order chi connectivity index (χ0) is 20.4. The van der Waals surface area contributed by atoms with E-state index in [1.165, 1.54) is 10.8 Å². The largest absolute Gasteiger partial charge is 0.341 e. The quantitative estimate of drug-likeness (QED) is 0.672. The topological polar surface area (TPSA) is 90.1 Å². The number of fused-ring (bicyclic) bond motifs is 1. The predicted molar refractivity (Wildman–Crippen MR) is 110 cm³/mol. The molecule has 3 heterocycles. The molecule has 29 heavy (non-hydrogen) atoms. The van der Waals surface area contributed by atoms with Gasteiger partial charge in [-0.05, 0) is 26.2 Å². The zero-order valence-electron chi connectivity index (χ0n) is 16.4. The molecular weight excluding hydrogens is 370 g/mol. The zero-order valence-corrected chi connectivity index (χ0v) is 16.4. The van der Waals surface area contributed by atoms with Crippen molar-refractivity contribution in [2.75, 3.05) is 13.1 Å². The Hall–Kier alpha value is -3.29. The molecule has 8 heteroatoms. The van der Waals surface area contributed by atoms with Crippen LogP contribution in [-0.2, 0) is 17.9 Å². The lowest BCUT2D eigenvalue weighted by molar-refractivity contribution is -0.132. The molecule has 4 rings (SSSR count). The van der Waals surface area contributed by atoms with Crippen LogP contribution >= 0.6 is 0 Å². The molecule has 0 saturated carbocycles. The minimum atomic E-state index is -0.528. The van der Waals surface area contributed by atoms with E-state index >= 15 is 0 Å². The molecule has 0 unspecified atom stereocenters. The highest BCUT2D eigenvalue weighted by Crippen LogP contribution is 2.16. The Labute approximate surface area is 167 Å². The van der Waals surface area contributed by atoms with Gasteiger partial charge in [0.15, 0.2) is 11.5 Å². The van der Waals surface area contributed by atoms with Gasteiger partial charge in [0, 0.05) is 31.4 Å². The highest BCUT2D eigenvalue weighted by atomic mass is 16.2. The molecule has 1 aliphatic rings. The van der Waals surface area contributed by atoms with Crippen molar-refractivity contribution in [1.82, 2.24) is 24.0 Å². The number of likely N-dealkylation sites (tertiary alicyclic amines) is 1. The summed E-state index contributed by atoms with van der Waals surface area (Å²) in [6.07, 6.45) is 4.45. The van der Waals surface area contributed by atoms with E-state index in [0.717, 1.165) is 29.4 Å². The lowest BCUT2D eigenvalue weighted by Crippen LogP contribution is -2.46. The van der Waals surface area contributed by atoms with Gasteiger partial charge in [-0.15, -0.1) is 0 Å². The Morgan fingerprint density at radius 3 is 2.45 bits per heavy atom. The van der Waals surface area contributed by atoms with E-state index < -0.39 is 11.2 Å². The summed E-state index contributed by atoms with van der Waals surface area (Å²) in [6.45, 7) is 3.23. The lowest BCUT2D eigenvalue weighted by atomic mass is 10.1. The molecule has 0 atom stereocenters. The van der Waals surface area contributed by atoms with Gasteiger partial charge in [-0.1, -0.05) is 30.3 Å². The normalized spacial score (nSPS) is 14.3. The number of carbonyl (C=O) groups is 1. The first-order valence-electron chi connectivity index (χ1n) is 9.93. The first kappa shape index (κ1) is 19.0. The SMILES string of the molecule is CCn1c(=O)n(CC(=O)N2CCCCC2)c(=O)c2cnc(-c3ccccc3)nc21. The monoisotopic (exact) mass is 393 g/mol. The van der Waals surface area contributed by atoms with Crippen LogP contribution in [0.2, 0.25) is 0 Å². The second kappa shape index (κ2) is 7.98. The number of rotatable bonds is 4. The molecule has 0 aliphatic carbocycles. The van der Waals surface area contributed by atoms with Crippen LogP contribution in [0.5, 0.6) is 0 Å². The fourth-order valence-electron chi connectivity index (χ4n) is 3.73. The van der Waals surface area contributed by atoms with Crippen LogP contribution in [-0.4, -0.2) is 43.0 Å². The van der Waals surface area contributed by atoms with Crippen LogP contribution in [0.25, 0.3) is 22.4 Å². The Morgan fingerprint density at radius 1 is 1.03 bits per heavy atom. The van der Waals surface area contributed by atoms with Gasteiger partial charge >= 0.3 is 5.69 Å². The lowest BCUT2D eigenvalue weighted by Gasteiger charge is -2.26. The third-order valence-corrected chi connectivity index (χ3v) is 5.31. The van der Waals surface area contributed by atoms with Gasteiger partial charge in [0.2, 0.25) is 5.91 Å². The number of aryl methyl sites for hydroxylation is 1. The van der Waals surface area contributed by atoms with Crippen LogP contribution in [0.3, 0.4) is 0 Å². The molecule has 0 radical (unpaired) electrons. The summed E-state index contributed by atoms with van der Waals surface area (Å²) in [6, 6.07) is 9.38. The van der Waals surface area contributed by atoms with Crippen molar-refractivity contribution >= 4 is 16.9 Å². The van der Waals surface area contributed by atoms with Crippen molar-refractivity contribution in [2.45, 2.75) is 39.3 Å². The molecule has 0 spiro atoms. The van der Waals surface area contributed by atoms with Crippen LogP contribution in [0.15, 0.2) is 46.1 Å². The van der Waals surface area contributed by atoms with E-state index in [1.54, 1.807) is 4.90 Å². The van der Waals surface area contributed by atoms with Crippen LogP contribution in [0.4, 0.5) is 0 Å². The highest BCUT2D eigenvalue weighted by molar-refractivity contribution is 5.78. The van der Waals surface area contributed by atoms with Crippen molar-refractivity contribution < 1.29 is 4.79 Å². The average molecular weight is 393 g/mol. The standard InChI is InChI=1S/C21H23N5O3/c1-2-25-19-16(13-22-18(23-19)15-9-5-3-6-10-15)20(28)26(21(25)29)14-17(27)24-11-7-4-8-12-24/h3,5-6,9-10,13H,2,4,7-8,11-12,14H2,1H3. The summed E-state index contributed by atoms with van der Waals surface area (Å²) in [5.41, 5.74) is 0.0414. The molecule has 3 aromatic rings. The molecule has 150 valence electrons. The molecule has 1 aromatic carbocycles. The Kier molecular flexibility index (Phi) is 5.24. The maximum absolute atomic E-state index is 13.0. The first-order valence-corrected chi connectivity index (χ1v) is 9.93. The minimum absolute atomic E-state index is 0.201. The van der Waals surface area contributed by atoms with Crippen molar-refractivity contribution in [3.05, 3.63) is 57.4 Å². The molecule has 1 fully saturated rings. The summed E-state index contributed by atoms with van der Waals surface area (Å²) >= 11 is 0. The van der Waals surface area contributed by atoms with Gasteiger partial charge in [-0.25, -0.2) is 14.8 Å². The van der Waals surface area contributed by atoms with E-state index in [4.69, 9.17) is 0 Å². The first-order chi connectivity index (χ1) is 14.1. The van der Waals surface area contributed by atoms with E-state index in [0.29, 0.717) is 25.5 Å². The number of hydrogen-bond donors (Lipinski definition) is 0. The molecule has 2 aromatic heterocycles. The molecule has 8 nitrogen and oxygen atoms in total. The number of aromatic nitrogens is 4. The molecular formula is C21H23N5O3. The fraction of sp³-hybridized carbons (Fsp3) is 0.381. The van der Waals surface area contributed by atoms with Crippen LogP contribution < -0.4 is 11.2 Å². The van der Waals surface area contributed by atoms with Crippen molar-refractivity contribution in [3.8, 4) is 11.4 Å². The third-order valence-electron chi connectivity index (χ3n) is 5.31. The number of piperidine rings is 1. The smallest absolute Gasteiger partial charge is 0.333 e. The van der Waals surface area contributed by atoms with Crippen molar-refractivity contribution in [1.29, 1.82) is 0 Å². The summed E-state index contributed by atoms with van der Waals surface area (Å²) < 4.78 is 2.43. The Bertz CT molecular complexity index is 1160. The molecule has 0 bridgehead atoms. The van der Waals surface area contributed by atoms with E-state index in [1.807, 2.05) is 37.3 Å². The third kappa shape index (κ3) is 3.57. The highest BCUT2D eigenvalue weighted by Gasteiger charge is 2.21. The maximum atomic E-state index is 13.0. The molecule has 1 amide bonds. The van der Waals surface area contributed by atoms with Crippen molar-refractivity contribution in [2.24, 2.45) is 0 Å². The van der Waals surface area contributed by atoms with Gasteiger partial charge < -0.3 is 4.90 Å². The number of benzene rings is 1. The molecule has 1 saturated heterocycles. The number of amides is 1. The fourth-order valence-corrected chi connectivity index (χ4v) is 3.73. The van der Waals surface area contributed by atoms with Gasteiger partial charge in [0.05, 0.1) is 0 Å². The van der Waals surface area contributed by atoms with Gasteiger partial charge in [-0.3, -0.25) is 18.7 Å². The maximum Gasteiger partial charge on any atom is 0.333 e. The minimum Gasteiger partial charge on any atom is -0.341 e. The van der Waals surface area contributed by atoms with E-state index in [-0.39, 0.29) is 23.5 Å². The Morgan fingerprint density at radius 2 is 1.76 bits per heavy atom. The number of hydrogen-bond acceptors (Lipinski definition) is 5. The summed E-state index contributed by atoms with van der Waals surface area (Å²) in [5.74, 6) is 0.244. The number of nitrogens with zero attached hydrogens (tertiary/aromatic N) is 5. The summed E-state index contributed by atoms with van der Waals surface area (Å²) in [4.78, 5) is 49.1. The predicted octanol–water partition coefficient (Wildman–Crippen LogP) is 1.65. The Balaban J connectivity index is 1.80. The molecule has 0 N–H and O–H groups in total. The van der Waals surface area contributed by atoms with E-state index in [9.17, 15) is 14.4 Å².